The lowest BCUT2D eigenvalue weighted by molar-refractivity contribution is -0.325. The fourth-order valence-corrected chi connectivity index (χ4v) is 10.4. The van der Waals surface area contributed by atoms with Gasteiger partial charge in [0, 0.05) is 52.4 Å². The van der Waals surface area contributed by atoms with Crippen molar-refractivity contribution in [2.24, 2.45) is 0 Å². The summed E-state index contributed by atoms with van der Waals surface area (Å²) in [5, 5.41) is 8.25. The summed E-state index contributed by atoms with van der Waals surface area (Å²) < 4.78 is 11.9. The molecule has 0 radical (unpaired) electrons. The minimum atomic E-state index is -1.35. The van der Waals surface area contributed by atoms with Gasteiger partial charge in [0.05, 0.1) is 0 Å². The molecule has 4 aliphatic heterocycles. The van der Waals surface area contributed by atoms with Crippen LogP contribution < -0.4 is 5.11 Å². The molecule has 0 bridgehead atoms. The zero-order chi connectivity index (χ0) is 16.1. The van der Waals surface area contributed by atoms with Crippen LogP contribution in [0.15, 0.2) is 0 Å². The van der Waals surface area contributed by atoms with Crippen molar-refractivity contribution in [3.63, 3.8) is 0 Å². The Morgan fingerprint density at radius 2 is 0.609 bits per heavy atom. The zero-order valence-corrected chi connectivity index (χ0v) is 15.9. The standard InChI is InChI=1S/C16H32N4P.CH3O/c1-2-10-17(9-1)21(18-11-3-4-12-18,19-13-5-6-14-19)20-15-7-8-16-20;1-2/h1-16H2;1H3/q+1;-1. The van der Waals surface area contributed by atoms with Gasteiger partial charge in [0.2, 0.25) is 0 Å². The predicted octanol–water partition coefficient (Wildman–Crippen LogP) is 2.02. The van der Waals surface area contributed by atoms with Gasteiger partial charge in [0.25, 0.3) is 0 Å². The normalized spacial score (nSPS) is 28.4. The van der Waals surface area contributed by atoms with E-state index in [9.17, 15) is 0 Å². The van der Waals surface area contributed by atoms with Crippen LogP contribution in [0.25, 0.3) is 0 Å². The molecule has 4 fully saturated rings. The fraction of sp³-hybridized carbons (Fsp3) is 1.00. The average Bonchev–Trinajstić information content (AvgIpc) is 3.38. The van der Waals surface area contributed by atoms with E-state index in [0.717, 1.165) is 7.11 Å². The van der Waals surface area contributed by atoms with Crippen molar-refractivity contribution in [2.45, 2.75) is 51.4 Å². The van der Waals surface area contributed by atoms with Crippen LogP contribution in [0, 0.1) is 0 Å². The van der Waals surface area contributed by atoms with E-state index in [0.29, 0.717) is 0 Å². The summed E-state index contributed by atoms with van der Waals surface area (Å²) in [7, 11) is -0.603. The quantitative estimate of drug-likeness (QED) is 0.731. The van der Waals surface area contributed by atoms with Crippen LogP contribution >= 0.6 is 7.87 Å². The molecule has 23 heavy (non-hydrogen) atoms. The molecule has 0 aliphatic carbocycles. The van der Waals surface area contributed by atoms with Gasteiger partial charge in [-0.1, -0.05) is 0 Å². The Balaban J connectivity index is 0.000000753. The van der Waals surface area contributed by atoms with Crippen LogP contribution in [0.5, 0.6) is 0 Å². The Morgan fingerprint density at radius 3 is 0.783 bits per heavy atom. The SMILES string of the molecule is C1CCN([P+](N2CCCC2)(N2CCCC2)N2CCCC2)C1.C[O-]. The lowest BCUT2D eigenvalue weighted by atomic mass is 10.4. The monoisotopic (exact) mass is 342 g/mol. The van der Waals surface area contributed by atoms with Crippen LogP contribution in [0.2, 0.25) is 0 Å². The van der Waals surface area contributed by atoms with Crippen LogP contribution in [0.1, 0.15) is 51.4 Å². The van der Waals surface area contributed by atoms with Crippen LogP contribution in [0.4, 0.5) is 0 Å². The molecular weight excluding hydrogens is 307 g/mol. The van der Waals surface area contributed by atoms with E-state index in [1.807, 2.05) is 0 Å². The van der Waals surface area contributed by atoms with Crippen molar-refractivity contribution in [3.8, 4) is 0 Å². The van der Waals surface area contributed by atoms with E-state index in [2.05, 4.69) is 18.7 Å². The lowest BCUT2D eigenvalue weighted by Gasteiger charge is -2.47. The molecule has 0 atom stereocenters. The molecule has 4 aliphatic rings. The summed E-state index contributed by atoms with van der Waals surface area (Å²) in [5.74, 6) is 0. The van der Waals surface area contributed by atoms with Crippen LogP contribution in [-0.2, 0) is 0 Å². The molecule has 4 heterocycles. The second-order valence-corrected chi connectivity index (χ2v) is 10.5. The van der Waals surface area contributed by atoms with Crippen molar-refractivity contribution >= 4 is 7.87 Å². The smallest absolute Gasteiger partial charge is 0.308 e. The summed E-state index contributed by atoms with van der Waals surface area (Å²) in [5.41, 5.74) is 0. The topological polar surface area (TPSA) is 36.0 Å². The van der Waals surface area contributed by atoms with Crippen LogP contribution in [0.3, 0.4) is 0 Å². The van der Waals surface area contributed by atoms with Gasteiger partial charge in [0.15, 0.2) is 0 Å². The first-order valence-electron chi connectivity index (χ1n) is 9.74. The molecular formula is C17H35N4OP. The number of rotatable bonds is 4. The minimum Gasteiger partial charge on any atom is -0.857 e. The van der Waals surface area contributed by atoms with Crippen molar-refractivity contribution in [2.75, 3.05) is 59.5 Å². The molecule has 134 valence electrons. The first-order valence-corrected chi connectivity index (χ1v) is 11.3. The zero-order valence-electron chi connectivity index (χ0n) is 15.0. The highest BCUT2D eigenvalue weighted by Gasteiger charge is 2.63. The highest BCUT2D eigenvalue weighted by Crippen LogP contribution is 2.72. The number of hydrogen-bond acceptors (Lipinski definition) is 5. The molecule has 0 amide bonds. The maximum absolute atomic E-state index is 8.25. The van der Waals surface area contributed by atoms with E-state index < -0.39 is 7.87 Å². The highest BCUT2D eigenvalue weighted by atomic mass is 31.2. The predicted molar refractivity (Wildman–Crippen MR) is 96.1 cm³/mol. The van der Waals surface area contributed by atoms with E-state index in [4.69, 9.17) is 5.11 Å². The highest BCUT2D eigenvalue weighted by molar-refractivity contribution is 7.66. The van der Waals surface area contributed by atoms with Gasteiger partial charge < -0.3 is 5.11 Å². The van der Waals surface area contributed by atoms with E-state index in [-0.39, 0.29) is 0 Å². The molecule has 6 heteroatoms. The molecule has 5 nitrogen and oxygen atoms in total. The van der Waals surface area contributed by atoms with Gasteiger partial charge in [-0.15, -0.1) is 18.7 Å². The Kier molecular flexibility index (Phi) is 6.70. The number of nitrogens with zero attached hydrogens (tertiary/aromatic N) is 4. The molecule has 0 N–H and O–H groups in total. The Hall–Kier alpha value is 0.230. The van der Waals surface area contributed by atoms with Gasteiger partial charge in [-0.25, -0.2) is 0 Å². The summed E-state index contributed by atoms with van der Waals surface area (Å²) in [6.45, 7) is 10.9. The second kappa shape index (κ2) is 8.55. The third-order valence-electron chi connectivity index (χ3n) is 5.85. The Morgan fingerprint density at radius 1 is 0.435 bits per heavy atom. The summed E-state index contributed by atoms with van der Waals surface area (Å²) in [6.07, 6.45) is 11.4. The molecule has 0 aromatic rings. The minimum absolute atomic E-state index is 0.750. The Labute approximate surface area is 143 Å². The first kappa shape index (κ1) is 18.0. The lowest BCUT2D eigenvalue weighted by Crippen LogP contribution is -2.50. The molecule has 0 saturated carbocycles. The fourth-order valence-electron chi connectivity index (χ4n) is 4.95. The largest absolute Gasteiger partial charge is 0.857 e. The van der Waals surface area contributed by atoms with Gasteiger partial charge in [-0.2, -0.15) is 7.11 Å². The molecule has 4 saturated heterocycles. The first-order chi connectivity index (χ1) is 11.4. The van der Waals surface area contributed by atoms with E-state index in [1.54, 1.807) is 0 Å². The van der Waals surface area contributed by atoms with Gasteiger partial charge in [-0.05, 0) is 51.4 Å². The third kappa shape index (κ3) is 3.33. The van der Waals surface area contributed by atoms with Gasteiger partial charge >= 0.3 is 7.87 Å². The molecule has 4 rings (SSSR count). The van der Waals surface area contributed by atoms with Gasteiger partial charge in [0.1, 0.15) is 0 Å². The number of hydrogen-bond donors (Lipinski definition) is 0. The third-order valence-corrected chi connectivity index (χ3v) is 10.5. The maximum Gasteiger partial charge on any atom is 0.308 e. The van der Waals surface area contributed by atoms with Crippen molar-refractivity contribution in [3.05, 3.63) is 0 Å². The van der Waals surface area contributed by atoms with Crippen molar-refractivity contribution in [1.29, 1.82) is 0 Å². The molecule has 0 aromatic heterocycles. The summed E-state index contributed by atoms with van der Waals surface area (Å²) in [4.78, 5) is 0. The second-order valence-electron chi connectivity index (χ2n) is 7.18. The van der Waals surface area contributed by atoms with Gasteiger partial charge in [-0.3, -0.25) is 0 Å². The molecule has 0 aromatic carbocycles. The van der Waals surface area contributed by atoms with Crippen LogP contribution in [-0.4, -0.2) is 78.1 Å². The Bertz CT molecular complexity index is 277. The van der Waals surface area contributed by atoms with Crippen molar-refractivity contribution in [1.82, 2.24) is 18.7 Å². The molecule has 0 unspecified atom stereocenters. The van der Waals surface area contributed by atoms with E-state index >= 15 is 0 Å². The average molecular weight is 342 g/mol. The summed E-state index contributed by atoms with van der Waals surface area (Å²) >= 11 is 0. The van der Waals surface area contributed by atoms with E-state index in [1.165, 1.54) is 104 Å². The molecule has 0 spiro atoms. The summed E-state index contributed by atoms with van der Waals surface area (Å²) in [6, 6.07) is 0. The maximum atomic E-state index is 8.25. The van der Waals surface area contributed by atoms with Crippen molar-refractivity contribution < 1.29 is 5.11 Å².